The van der Waals surface area contributed by atoms with Crippen molar-refractivity contribution >= 4 is 28.5 Å². The zero-order chi connectivity index (χ0) is 17.3. The van der Waals surface area contributed by atoms with Crippen LogP contribution in [-0.2, 0) is 4.79 Å². The molecule has 1 N–H and O–H groups in total. The molecule has 0 aliphatic heterocycles. The third kappa shape index (κ3) is 2.93. The summed E-state index contributed by atoms with van der Waals surface area (Å²) in [7, 11) is 0. The summed E-state index contributed by atoms with van der Waals surface area (Å²) in [5, 5.41) is 2.77. The van der Waals surface area contributed by atoms with Crippen LogP contribution in [0.15, 0.2) is 42.7 Å². The fourth-order valence-corrected chi connectivity index (χ4v) is 2.54. The van der Waals surface area contributed by atoms with E-state index >= 15 is 0 Å². The normalized spacial score (nSPS) is 10.8. The molecule has 1 heterocycles. The quantitative estimate of drug-likeness (QED) is 0.800. The van der Waals surface area contributed by atoms with Gasteiger partial charge < -0.3 is 5.32 Å². The van der Waals surface area contributed by atoms with E-state index in [1.807, 2.05) is 26.0 Å². The summed E-state index contributed by atoms with van der Waals surface area (Å²) in [5.74, 6) is -0.257. The van der Waals surface area contributed by atoms with Crippen LogP contribution >= 0.6 is 0 Å². The largest absolute Gasteiger partial charge is 0.326 e. The number of aromatic nitrogens is 2. The molecule has 3 aromatic rings. The first-order valence-electron chi connectivity index (χ1n) is 7.88. The average Bonchev–Trinajstić information content (AvgIpc) is 2.97. The number of imidazole rings is 1. The summed E-state index contributed by atoms with van der Waals surface area (Å²) in [5.41, 5.74) is 4.95. The van der Waals surface area contributed by atoms with Crippen LogP contribution in [0.5, 0.6) is 0 Å². The molecular formula is C19H19N3O2. The highest BCUT2D eigenvalue weighted by Gasteiger charge is 2.14. The van der Waals surface area contributed by atoms with Crippen molar-refractivity contribution in [3.63, 3.8) is 0 Å². The van der Waals surface area contributed by atoms with Crippen molar-refractivity contribution in [2.24, 2.45) is 0 Å². The van der Waals surface area contributed by atoms with Gasteiger partial charge >= 0.3 is 0 Å². The Labute approximate surface area is 140 Å². The monoisotopic (exact) mass is 321 g/mol. The molecule has 122 valence electrons. The molecule has 0 bridgehead atoms. The van der Waals surface area contributed by atoms with Crippen molar-refractivity contribution in [2.45, 2.75) is 27.2 Å². The molecule has 0 saturated carbocycles. The summed E-state index contributed by atoms with van der Waals surface area (Å²) in [6.07, 6.45) is 1.94. The second-order valence-electron chi connectivity index (χ2n) is 5.83. The van der Waals surface area contributed by atoms with E-state index in [4.69, 9.17) is 0 Å². The molecule has 0 saturated heterocycles. The van der Waals surface area contributed by atoms with Gasteiger partial charge in [-0.3, -0.25) is 14.2 Å². The second kappa shape index (κ2) is 6.28. The van der Waals surface area contributed by atoms with Gasteiger partial charge in [0, 0.05) is 17.7 Å². The van der Waals surface area contributed by atoms with Gasteiger partial charge in [-0.05, 0) is 55.3 Å². The van der Waals surface area contributed by atoms with Crippen LogP contribution in [0.4, 0.5) is 5.69 Å². The Morgan fingerprint density at radius 1 is 1.12 bits per heavy atom. The molecule has 1 amide bonds. The van der Waals surface area contributed by atoms with Crippen molar-refractivity contribution in [1.82, 2.24) is 9.55 Å². The Morgan fingerprint density at radius 2 is 1.88 bits per heavy atom. The third-order valence-corrected chi connectivity index (χ3v) is 4.10. The van der Waals surface area contributed by atoms with E-state index in [0.717, 1.165) is 22.2 Å². The van der Waals surface area contributed by atoms with Gasteiger partial charge in [0.05, 0.1) is 11.0 Å². The van der Waals surface area contributed by atoms with Gasteiger partial charge in [0.25, 0.3) is 5.91 Å². The number of anilines is 1. The van der Waals surface area contributed by atoms with Crippen LogP contribution in [0.2, 0.25) is 0 Å². The molecule has 1 aromatic heterocycles. The van der Waals surface area contributed by atoms with E-state index in [1.165, 1.54) is 0 Å². The minimum absolute atomic E-state index is 0.0845. The average molecular weight is 321 g/mol. The number of nitrogens with zero attached hydrogens (tertiary/aromatic N) is 2. The van der Waals surface area contributed by atoms with Crippen LogP contribution in [0.1, 0.15) is 34.8 Å². The zero-order valence-corrected chi connectivity index (χ0v) is 14.0. The summed E-state index contributed by atoms with van der Waals surface area (Å²) < 4.78 is 1.54. The first-order valence-corrected chi connectivity index (χ1v) is 7.88. The Kier molecular flexibility index (Phi) is 4.16. The van der Waals surface area contributed by atoms with Crippen molar-refractivity contribution in [1.29, 1.82) is 0 Å². The molecule has 5 nitrogen and oxygen atoms in total. The highest BCUT2D eigenvalue weighted by molar-refractivity contribution is 6.02. The molecule has 0 radical (unpaired) electrons. The first-order chi connectivity index (χ1) is 11.5. The topological polar surface area (TPSA) is 64.0 Å². The summed E-state index contributed by atoms with van der Waals surface area (Å²) in [6.45, 7) is 5.82. The lowest BCUT2D eigenvalue weighted by Gasteiger charge is -2.08. The Morgan fingerprint density at radius 3 is 2.62 bits per heavy atom. The number of benzene rings is 2. The van der Waals surface area contributed by atoms with Gasteiger partial charge in [0.15, 0.2) is 0 Å². The molecule has 0 aliphatic carbocycles. The number of fused-ring (bicyclic) bond motifs is 1. The van der Waals surface area contributed by atoms with Crippen molar-refractivity contribution in [3.8, 4) is 0 Å². The fourth-order valence-electron chi connectivity index (χ4n) is 2.54. The van der Waals surface area contributed by atoms with Gasteiger partial charge in [-0.1, -0.05) is 13.0 Å². The van der Waals surface area contributed by atoms with Crippen molar-refractivity contribution in [2.75, 3.05) is 5.32 Å². The first kappa shape index (κ1) is 15.9. The molecule has 0 atom stereocenters. The molecule has 0 spiro atoms. The SMILES string of the molecule is CCC(=O)Nc1cccc(C(=O)n2cnc3cc(C)c(C)cc32)c1. The minimum atomic E-state index is -0.173. The maximum absolute atomic E-state index is 12.8. The van der Waals surface area contributed by atoms with Gasteiger partial charge in [-0.25, -0.2) is 4.98 Å². The molecule has 0 aliphatic rings. The summed E-state index contributed by atoms with van der Waals surface area (Å²) >= 11 is 0. The standard InChI is InChI=1S/C19H19N3O2/c1-4-18(23)21-15-7-5-6-14(10-15)19(24)22-11-20-16-8-12(2)13(3)9-17(16)22/h5-11H,4H2,1-3H3,(H,21,23). The van der Waals surface area contributed by atoms with E-state index in [9.17, 15) is 9.59 Å². The van der Waals surface area contributed by atoms with E-state index in [-0.39, 0.29) is 11.8 Å². The maximum atomic E-state index is 12.8. The Bertz CT molecular complexity index is 941. The number of hydrogen-bond acceptors (Lipinski definition) is 3. The number of carbonyl (C=O) groups excluding carboxylic acids is 2. The number of nitrogens with one attached hydrogen (secondary N) is 1. The minimum Gasteiger partial charge on any atom is -0.326 e. The molecule has 5 heteroatoms. The number of hydrogen-bond donors (Lipinski definition) is 1. The van der Waals surface area contributed by atoms with Crippen LogP contribution in [-0.4, -0.2) is 21.4 Å². The molecule has 24 heavy (non-hydrogen) atoms. The van der Waals surface area contributed by atoms with E-state index in [0.29, 0.717) is 17.7 Å². The second-order valence-corrected chi connectivity index (χ2v) is 5.83. The highest BCUT2D eigenvalue weighted by Crippen LogP contribution is 2.20. The smallest absolute Gasteiger partial charge is 0.263 e. The van der Waals surface area contributed by atoms with Gasteiger partial charge in [0.2, 0.25) is 5.91 Å². The Balaban J connectivity index is 1.99. The van der Waals surface area contributed by atoms with Crippen LogP contribution < -0.4 is 5.32 Å². The number of rotatable bonds is 3. The fraction of sp³-hybridized carbons (Fsp3) is 0.211. The van der Waals surface area contributed by atoms with Gasteiger partial charge in [-0.2, -0.15) is 0 Å². The van der Waals surface area contributed by atoms with E-state index in [1.54, 1.807) is 42.1 Å². The number of carbonyl (C=O) groups is 2. The van der Waals surface area contributed by atoms with Crippen molar-refractivity contribution < 1.29 is 9.59 Å². The highest BCUT2D eigenvalue weighted by atomic mass is 16.2. The van der Waals surface area contributed by atoms with E-state index < -0.39 is 0 Å². The van der Waals surface area contributed by atoms with E-state index in [2.05, 4.69) is 10.3 Å². The molecule has 2 aromatic carbocycles. The predicted octanol–water partition coefficient (Wildman–Crippen LogP) is 3.69. The Hall–Kier alpha value is -2.95. The third-order valence-electron chi connectivity index (χ3n) is 4.10. The number of amides is 1. The predicted molar refractivity (Wildman–Crippen MR) is 94.3 cm³/mol. The van der Waals surface area contributed by atoms with Gasteiger partial charge in [0.1, 0.15) is 6.33 Å². The zero-order valence-electron chi connectivity index (χ0n) is 14.0. The van der Waals surface area contributed by atoms with Crippen LogP contribution in [0, 0.1) is 13.8 Å². The molecule has 0 fully saturated rings. The summed E-state index contributed by atoms with van der Waals surface area (Å²) in [4.78, 5) is 28.7. The summed E-state index contributed by atoms with van der Waals surface area (Å²) in [6, 6.07) is 10.9. The molecule has 3 rings (SSSR count). The van der Waals surface area contributed by atoms with Crippen LogP contribution in [0.3, 0.4) is 0 Å². The lowest BCUT2D eigenvalue weighted by molar-refractivity contribution is -0.115. The van der Waals surface area contributed by atoms with Crippen molar-refractivity contribution in [3.05, 3.63) is 59.4 Å². The number of aryl methyl sites for hydroxylation is 2. The lowest BCUT2D eigenvalue weighted by atomic mass is 10.1. The lowest BCUT2D eigenvalue weighted by Crippen LogP contribution is -2.13. The maximum Gasteiger partial charge on any atom is 0.263 e. The van der Waals surface area contributed by atoms with Gasteiger partial charge in [-0.15, -0.1) is 0 Å². The molecule has 0 unspecified atom stereocenters. The van der Waals surface area contributed by atoms with Crippen LogP contribution in [0.25, 0.3) is 11.0 Å². The molecular weight excluding hydrogens is 302 g/mol.